The zero-order valence-corrected chi connectivity index (χ0v) is 24.5. The molecule has 3 unspecified atom stereocenters. The molecule has 1 rings (SSSR count). The number of carboxylic acid groups (broad SMARTS) is 1. The zero-order valence-electron chi connectivity index (χ0n) is 24.5. The van der Waals surface area contributed by atoms with Gasteiger partial charge in [0.25, 0.3) is 0 Å². The van der Waals surface area contributed by atoms with Crippen molar-refractivity contribution >= 4 is 35.7 Å². The van der Waals surface area contributed by atoms with Crippen molar-refractivity contribution in [1.82, 2.24) is 16.0 Å². The van der Waals surface area contributed by atoms with Crippen molar-refractivity contribution in [3.63, 3.8) is 0 Å². The van der Waals surface area contributed by atoms with Crippen LogP contribution in [0.2, 0.25) is 0 Å². The van der Waals surface area contributed by atoms with Gasteiger partial charge in [0.15, 0.2) is 6.29 Å². The van der Waals surface area contributed by atoms with Crippen molar-refractivity contribution < 1.29 is 63.5 Å². The summed E-state index contributed by atoms with van der Waals surface area (Å²) in [7, 11) is 0. The van der Waals surface area contributed by atoms with Crippen molar-refractivity contribution in [2.24, 2.45) is 23.1 Å². The van der Waals surface area contributed by atoms with Crippen LogP contribution in [-0.4, -0.2) is 125 Å². The van der Waals surface area contributed by atoms with E-state index in [1.807, 2.05) is 0 Å². The van der Waals surface area contributed by atoms with Gasteiger partial charge >= 0.3 is 12.1 Å². The number of aliphatic hydroxyl groups is 3. The molecule has 19 heteroatoms. The van der Waals surface area contributed by atoms with E-state index in [1.165, 1.54) is 13.8 Å². The molecule has 0 aromatic rings. The first-order valence-corrected chi connectivity index (χ1v) is 13.8. The maximum Gasteiger partial charge on any atom is 0.373 e. The molecule has 1 fully saturated rings. The predicted molar refractivity (Wildman–Crippen MR) is 146 cm³/mol. The summed E-state index contributed by atoms with van der Waals surface area (Å²) in [6.45, 7) is 2.26. The first-order valence-electron chi connectivity index (χ1n) is 13.8. The summed E-state index contributed by atoms with van der Waals surface area (Å²) in [6.07, 6.45) is -5.46. The number of aliphatic carboxylic acids is 1. The van der Waals surface area contributed by atoms with Gasteiger partial charge in [0.1, 0.15) is 36.4 Å². The van der Waals surface area contributed by atoms with Crippen LogP contribution in [-0.2, 0) is 43.0 Å². The third-order valence-corrected chi connectivity index (χ3v) is 6.65. The third-order valence-electron chi connectivity index (χ3n) is 6.65. The highest BCUT2D eigenvalue weighted by Gasteiger charge is 2.45. The van der Waals surface area contributed by atoms with Crippen LogP contribution in [0, 0.1) is 5.92 Å². The quantitative estimate of drug-likeness (QED) is 0.0628. The summed E-state index contributed by atoms with van der Waals surface area (Å²) < 4.78 is 10.7. The van der Waals surface area contributed by atoms with Gasteiger partial charge in [0.2, 0.25) is 23.6 Å². The van der Waals surface area contributed by atoms with Crippen molar-refractivity contribution in [3.8, 4) is 0 Å². The molecule has 0 bridgehead atoms. The monoisotopic (exact) mass is 636 g/mol. The fraction of sp³-hybridized carbons (Fsp3) is 0.760. The van der Waals surface area contributed by atoms with Crippen LogP contribution in [0.5, 0.6) is 0 Å². The molecule has 0 spiro atoms. The number of carbonyl (C=O) groups excluding carboxylic acids is 6. The molecule has 44 heavy (non-hydrogen) atoms. The Kier molecular flexibility index (Phi) is 19.5. The van der Waals surface area contributed by atoms with E-state index in [0.717, 1.165) is 0 Å². The summed E-state index contributed by atoms with van der Waals surface area (Å²) in [5.41, 5.74) is 16.4. The zero-order chi connectivity index (χ0) is 34.0. The number of nitrogens with one attached hydrogen (secondary N) is 3. The Hall–Kier alpha value is -3.55. The lowest BCUT2D eigenvalue weighted by Crippen LogP contribution is -2.60. The molecule has 0 saturated carbocycles. The van der Waals surface area contributed by atoms with Gasteiger partial charge in [-0.05, 0) is 46.1 Å². The fourth-order valence-corrected chi connectivity index (χ4v) is 4.14. The molecule has 1 aliphatic rings. The minimum atomic E-state index is -1.45. The van der Waals surface area contributed by atoms with Crippen LogP contribution in [0.1, 0.15) is 46.0 Å². The minimum Gasteiger partial charge on any atom is -0.480 e. The summed E-state index contributed by atoms with van der Waals surface area (Å²) in [6, 6.07) is -3.61. The number of aliphatic hydroxyl groups excluding tert-OH is 3. The number of ether oxygens (including phenoxy) is 2. The first kappa shape index (κ1) is 40.4. The fourth-order valence-electron chi connectivity index (χ4n) is 4.14. The van der Waals surface area contributed by atoms with Gasteiger partial charge in [0.05, 0.1) is 18.6 Å². The maximum absolute atomic E-state index is 12.7. The van der Waals surface area contributed by atoms with Crippen LogP contribution in [0.15, 0.2) is 0 Å². The molecule has 0 radical (unpaired) electrons. The number of amides is 4. The lowest BCUT2D eigenvalue weighted by Gasteiger charge is -2.42. The first-order chi connectivity index (χ1) is 20.7. The molecule has 0 aliphatic carbocycles. The Bertz CT molecular complexity index is 980. The Morgan fingerprint density at radius 1 is 0.955 bits per heavy atom. The van der Waals surface area contributed by atoms with Gasteiger partial charge in [-0.2, -0.15) is 9.59 Å². The topological polar surface area (TPSA) is 333 Å². The van der Waals surface area contributed by atoms with E-state index in [2.05, 4.69) is 16.0 Å². The van der Waals surface area contributed by atoms with Crippen LogP contribution >= 0.6 is 0 Å². The molecular weight excluding hydrogens is 592 g/mol. The second-order valence-corrected chi connectivity index (χ2v) is 9.94. The standard InChI is InChI=1S/C24H44N6O11.CO2/c1-11(28-22(36)12(2)40-19-13(9-26)24(39)41-16(10-31)18(19)33)21(35)30-14(20(27)34)6-7-17(32)29-15(23(37)38)5-3-4-8-25;2-1-3/h11-16,18-19,24,31,33,39H,3-10,25-26H2,1-2H3,(H2,27,34)(H,28,36)(H,29,32)(H,30,35)(H,37,38);/t11-,12+,13-,14+,15-,16?,18?,19+,24?;/m0./s1. The minimum absolute atomic E-state index is 0.161. The molecule has 1 saturated heterocycles. The highest BCUT2D eigenvalue weighted by Crippen LogP contribution is 2.27. The Balaban J connectivity index is 0.00000590. The smallest absolute Gasteiger partial charge is 0.373 e. The largest absolute Gasteiger partial charge is 0.480 e. The highest BCUT2D eigenvalue weighted by molar-refractivity contribution is 5.92. The number of carboxylic acids is 1. The number of hydrogen-bond acceptors (Lipinski definition) is 14. The van der Waals surface area contributed by atoms with Crippen LogP contribution in [0.4, 0.5) is 0 Å². The van der Waals surface area contributed by atoms with E-state index in [4.69, 9.17) is 36.3 Å². The molecule has 0 aromatic heterocycles. The summed E-state index contributed by atoms with van der Waals surface area (Å²) in [4.78, 5) is 77.1. The van der Waals surface area contributed by atoms with Gasteiger partial charge in [-0.1, -0.05) is 0 Å². The van der Waals surface area contributed by atoms with Crippen molar-refractivity contribution in [3.05, 3.63) is 0 Å². The molecule has 13 N–H and O–H groups in total. The molecule has 9 atom stereocenters. The van der Waals surface area contributed by atoms with Gasteiger partial charge in [-0.3, -0.25) is 19.2 Å². The normalized spacial score (nSPS) is 23.8. The molecule has 19 nitrogen and oxygen atoms in total. The second kappa shape index (κ2) is 21.2. The Morgan fingerprint density at radius 3 is 2.07 bits per heavy atom. The number of primary amides is 1. The predicted octanol–water partition coefficient (Wildman–Crippen LogP) is -5.22. The molecule has 1 aliphatic heterocycles. The number of unbranched alkanes of at least 4 members (excludes halogenated alkanes) is 1. The SMILES string of the molecule is C[C@H](NC(=O)[C@@H](C)O[C@H]1C(O)C(CO)OC(O)[C@H]1CN)C(=O)N[C@H](CCC(=O)N[C@@H](CCCCN)C(=O)O)C(N)=O.O=C=O. The Labute approximate surface area is 253 Å². The summed E-state index contributed by atoms with van der Waals surface area (Å²) >= 11 is 0. The van der Waals surface area contributed by atoms with Crippen molar-refractivity contribution in [1.29, 1.82) is 0 Å². The number of carbonyl (C=O) groups is 5. The number of nitrogens with two attached hydrogens (primary N) is 3. The van der Waals surface area contributed by atoms with Crippen LogP contribution in [0.3, 0.4) is 0 Å². The second-order valence-electron chi connectivity index (χ2n) is 9.94. The maximum atomic E-state index is 12.7. The Morgan fingerprint density at radius 2 is 1.57 bits per heavy atom. The van der Waals surface area contributed by atoms with Crippen molar-refractivity contribution in [2.45, 2.75) is 94.8 Å². The van der Waals surface area contributed by atoms with Gasteiger partial charge < -0.3 is 63.1 Å². The molecular formula is C25H44N6O13. The highest BCUT2D eigenvalue weighted by atomic mass is 16.6. The third kappa shape index (κ3) is 13.8. The van der Waals surface area contributed by atoms with Crippen molar-refractivity contribution in [2.75, 3.05) is 19.7 Å². The van der Waals surface area contributed by atoms with Gasteiger partial charge in [-0.25, -0.2) is 4.79 Å². The molecule has 0 aromatic carbocycles. The van der Waals surface area contributed by atoms with Gasteiger partial charge in [0, 0.05) is 13.0 Å². The van der Waals surface area contributed by atoms with Crippen LogP contribution < -0.4 is 33.2 Å². The van der Waals surface area contributed by atoms with E-state index in [0.29, 0.717) is 19.4 Å². The van der Waals surface area contributed by atoms with E-state index >= 15 is 0 Å². The summed E-state index contributed by atoms with van der Waals surface area (Å²) in [5.74, 6) is -5.31. The van der Waals surface area contributed by atoms with Crippen LogP contribution in [0.25, 0.3) is 0 Å². The lowest BCUT2D eigenvalue weighted by molar-refractivity contribution is -0.280. The number of hydrogen-bond donors (Lipinski definition) is 10. The molecule has 1 heterocycles. The average molecular weight is 637 g/mol. The molecule has 252 valence electrons. The molecule has 4 amide bonds. The van der Waals surface area contributed by atoms with E-state index in [1.54, 1.807) is 0 Å². The summed E-state index contributed by atoms with van der Waals surface area (Å²) in [5, 5.41) is 46.3. The average Bonchev–Trinajstić information content (AvgIpc) is 2.96. The van der Waals surface area contributed by atoms with E-state index in [9.17, 15) is 44.4 Å². The van der Waals surface area contributed by atoms with E-state index < -0.39 is 91.0 Å². The van der Waals surface area contributed by atoms with Gasteiger partial charge in [-0.15, -0.1) is 0 Å². The lowest BCUT2D eigenvalue weighted by atomic mass is 9.90. The number of rotatable bonds is 18. The van der Waals surface area contributed by atoms with E-state index in [-0.39, 0.29) is 32.0 Å².